The van der Waals surface area contributed by atoms with E-state index in [0.717, 1.165) is 10.5 Å². The standard InChI is InChI=1S/C20H24N2O5/c1-12(22-19(24)14-6-4-5-7-15(14)20(22)25)18(23)21-11-13-8-9-16(26-2)17(10-13)27-3/h4-5,8-10,12,14-15H,6-7,11H2,1-3H3,(H,21,23). The molecule has 3 unspecified atom stereocenters. The molecule has 144 valence electrons. The van der Waals surface area contributed by atoms with Gasteiger partial charge in [0.15, 0.2) is 11.5 Å². The number of amides is 3. The number of benzene rings is 1. The van der Waals surface area contributed by atoms with Crippen molar-refractivity contribution in [3.05, 3.63) is 35.9 Å². The van der Waals surface area contributed by atoms with Gasteiger partial charge in [0.25, 0.3) is 0 Å². The zero-order valence-electron chi connectivity index (χ0n) is 15.7. The Morgan fingerprint density at radius 1 is 1.11 bits per heavy atom. The minimum absolute atomic E-state index is 0.247. The smallest absolute Gasteiger partial charge is 0.243 e. The normalized spacial score (nSPS) is 22.4. The summed E-state index contributed by atoms with van der Waals surface area (Å²) in [5.41, 5.74) is 0.824. The van der Waals surface area contributed by atoms with Gasteiger partial charge in [0.1, 0.15) is 6.04 Å². The highest BCUT2D eigenvalue weighted by Gasteiger charge is 2.50. The van der Waals surface area contributed by atoms with Crippen LogP contribution in [-0.4, -0.2) is 42.9 Å². The molecule has 0 saturated carbocycles. The quantitative estimate of drug-likeness (QED) is 0.606. The minimum atomic E-state index is -0.837. The van der Waals surface area contributed by atoms with Crippen molar-refractivity contribution in [2.24, 2.45) is 11.8 Å². The van der Waals surface area contributed by atoms with E-state index < -0.39 is 6.04 Å². The van der Waals surface area contributed by atoms with E-state index in [1.807, 2.05) is 18.2 Å². The summed E-state index contributed by atoms with van der Waals surface area (Å²) < 4.78 is 10.4. The minimum Gasteiger partial charge on any atom is -0.493 e. The summed E-state index contributed by atoms with van der Waals surface area (Å²) in [6, 6.07) is 4.51. The van der Waals surface area contributed by atoms with Crippen LogP contribution in [0.25, 0.3) is 0 Å². The fraction of sp³-hybridized carbons (Fsp3) is 0.450. The van der Waals surface area contributed by atoms with Crippen LogP contribution in [0.15, 0.2) is 30.4 Å². The van der Waals surface area contributed by atoms with Crippen molar-refractivity contribution in [1.29, 1.82) is 0 Å². The Kier molecular flexibility index (Phi) is 5.48. The van der Waals surface area contributed by atoms with E-state index in [1.54, 1.807) is 33.3 Å². The Morgan fingerprint density at radius 2 is 1.70 bits per heavy atom. The SMILES string of the molecule is COc1ccc(CNC(=O)C(C)N2C(=O)C3CC=CCC3C2=O)cc1OC. The number of nitrogens with one attached hydrogen (secondary N) is 1. The average molecular weight is 372 g/mol. The summed E-state index contributed by atoms with van der Waals surface area (Å²) in [6.45, 7) is 1.85. The molecule has 0 spiro atoms. The number of imide groups is 1. The van der Waals surface area contributed by atoms with Crippen LogP contribution in [0.5, 0.6) is 11.5 Å². The van der Waals surface area contributed by atoms with Gasteiger partial charge in [-0.3, -0.25) is 19.3 Å². The zero-order valence-corrected chi connectivity index (χ0v) is 15.7. The van der Waals surface area contributed by atoms with Crippen molar-refractivity contribution >= 4 is 17.7 Å². The number of nitrogens with zero attached hydrogens (tertiary/aromatic N) is 1. The van der Waals surface area contributed by atoms with Crippen molar-refractivity contribution in [2.75, 3.05) is 14.2 Å². The Balaban J connectivity index is 1.64. The van der Waals surface area contributed by atoms with E-state index >= 15 is 0 Å². The van der Waals surface area contributed by atoms with E-state index in [4.69, 9.17) is 9.47 Å². The van der Waals surface area contributed by atoms with Gasteiger partial charge < -0.3 is 14.8 Å². The molecule has 0 bridgehead atoms. The first-order valence-electron chi connectivity index (χ1n) is 8.98. The van der Waals surface area contributed by atoms with Crippen LogP contribution in [0, 0.1) is 11.8 Å². The molecular formula is C20H24N2O5. The molecule has 3 atom stereocenters. The predicted molar refractivity (Wildman–Crippen MR) is 98.1 cm³/mol. The highest BCUT2D eigenvalue weighted by atomic mass is 16.5. The fourth-order valence-corrected chi connectivity index (χ4v) is 3.65. The van der Waals surface area contributed by atoms with Crippen LogP contribution in [0.2, 0.25) is 0 Å². The third-order valence-electron chi connectivity index (χ3n) is 5.22. The Hall–Kier alpha value is -2.83. The van der Waals surface area contributed by atoms with Gasteiger partial charge in [0, 0.05) is 6.54 Å². The van der Waals surface area contributed by atoms with Crippen LogP contribution < -0.4 is 14.8 Å². The summed E-state index contributed by atoms with van der Waals surface area (Å²) in [7, 11) is 3.10. The lowest BCUT2D eigenvalue weighted by Crippen LogP contribution is -2.48. The predicted octanol–water partition coefficient (Wildman–Crippen LogP) is 1.66. The van der Waals surface area contributed by atoms with E-state index in [1.165, 1.54) is 0 Å². The maximum Gasteiger partial charge on any atom is 0.243 e. The van der Waals surface area contributed by atoms with Crippen molar-refractivity contribution < 1.29 is 23.9 Å². The van der Waals surface area contributed by atoms with Crippen LogP contribution in [0.4, 0.5) is 0 Å². The number of allylic oxidation sites excluding steroid dienone is 2. The van der Waals surface area contributed by atoms with Crippen molar-refractivity contribution in [1.82, 2.24) is 10.2 Å². The first-order chi connectivity index (χ1) is 13.0. The highest BCUT2D eigenvalue weighted by molar-refractivity contribution is 6.08. The van der Waals surface area contributed by atoms with Gasteiger partial charge >= 0.3 is 0 Å². The molecule has 3 rings (SSSR count). The molecule has 1 aliphatic carbocycles. The Bertz CT molecular complexity index is 763. The lowest BCUT2D eigenvalue weighted by Gasteiger charge is -2.22. The molecule has 27 heavy (non-hydrogen) atoms. The Morgan fingerprint density at radius 3 is 2.26 bits per heavy atom. The van der Waals surface area contributed by atoms with Gasteiger partial charge in [-0.25, -0.2) is 0 Å². The molecule has 0 radical (unpaired) electrons. The monoisotopic (exact) mass is 372 g/mol. The first-order valence-corrected chi connectivity index (χ1v) is 8.98. The number of hydrogen-bond donors (Lipinski definition) is 1. The molecule has 2 aliphatic rings. The number of carbonyl (C=O) groups is 3. The summed E-state index contributed by atoms with van der Waals surface area (Å²) >= 11 is 0. The number of rotatable bonds is 6. The third-order valence-corrected chi connectivity index (χ3v) is 5.22. The number of hydrogen-bond acceptors (Lipinski definition) is 5. The molecular weight excluding hydrogens is 348 g/mol. The van der Waals surface area contributed by atoms with E-state index in [2.05, 4.69) is 5.32 Å². The molecule has 1 saturated heterocycles. The van der Waals surface area contributed by atoms with Crippen LogP contribution >= 0.6 is 0 Å². The van der Waals surface area contributed by atoms with Crippen LogP contribution in [-0.2, 0) is 20.9 Å². The number of likely N-dealkylation sites (tertiary alicyclic amines) is 1. The second-order valence-corrected chi connectivity index (χ2v) is 6.79. The number of carbonyl (C=O) groups excluding carboxylic acids is 3. The summed E-state index contributed by atoms with van der Waals surface area (Å²) in [4.78, 5) is 38.9. The van der Waals surface area contributed by atoms with E-state index in [9.17, 15) is 14.4 Å². The highest BCUT2D eigenvalue weighted by Crippen LogP contribution is 2.36. The van der Waals surface area contributed by atoms with Gasteiger partial charge in [-0.1, -0.05) is 18.2 Å². The van der Waals surface area contributed by atoms with E-state index in [0.29, 0.717) is 24.3 Å². The molecule has 1 heterocycles. The molecule has 1 aromatic rings. The molecule has 1 fully saturated rings. The number of methoxy groups -OCH3 is 2. The zero-order chi connectivity index (χ0) is 19.6. The second-order valence-electron chi connectivity index (χ2n) is 6.79. The molecule has 1 N–H and O–H groups in total. The van der Waals surface area contributed by atoms with Gasteiger partial charge in [-0.05, 0) is 37.5 Å². The largest absolute Gasteiger partial charge is 0.493 e. The fourth-order valence-electron chi connectivity index (χ4n) is 3.65. The van der Waals surface area contributed by atoms with Crippen molar-refractivity contribution in [2.45, 2.75) is 32.4 Å². The number of ether oxygens (including phenoxy) is 2. The van der Waals surface area contributed by atoms with Gasteiger partial charge in [-0.2, -0.15) is 0 Å². The van der Waals surface area contributed by atoms with Crippen LogP contribution in [0.3, 0.4) is 0 Å². The molecule has 7 heteroatoms. The summed E-state index contributed by atoms with van der Waals surface area (Å²) in [6.07, 6.45) is 4.98. The van der Waals surface area contributed by atoms with Crippen molar-refractivity contribution in [3.63, 3.8) is 0 Å². The third kappa shape index (κ3) is 3.54. The lowest BCUT2D eigenvalue weighted by molar-refractivity contribution is -0.147. The van der Waals surface area contributed by atoms with Gasteiger partial charge in [-0.15, -0.1) is 0 Å². The maximum absolute atomic E-state index is 12.6. The molecule has 1 aromatic carbocycles. The van der Waals surface area contributed by atoms with Crippen LogP contribution in [0.1, 0.15) is 25.3 Å². The van der Waals surface area contributed by atoms with Gasteiger partial charge in [0.2, 0.25) is 17.7 Å². The van der Waals surface area contributed by atoms with E-state index in [-0.39, 0.29) is 36.1 Å². The summed E-state index contributed by atoms with van der Waals surface area (Å²) in [5, 5.41) is 2.79. The maximum atomic E-state index is 12.6. The van der Waals surface area contributed by atoms with Gasteiger partial charge in [0.05, 0.1) is 26.1 Å². The first kappa shape index (κ1) is 18.9. The average Bonchev–Trinajstić information content (AvgIpc) is 2.96. The topological polar surface area (TPSA) is 84.9 Å². The lowest BCUT2D eigenvalue weighted by atomic mass is 9.85. The summed E-state index contributed by atoms with van der Waals surface area (Å²) in [5.74, 6) is -0.347. The molecule has 3 amide bonds. The van der Waals surface area contributed by atoms with Crippen molar-refractivity contribution in [3.8, 4) is 11.5 Å². The Labute approximate surface area is 158 Å². The molecule has 7 nitrogen and oxygen atoms in total. The molecule has 0 aromatic heterocycles. The molecule has 1 aliphatic heterocycles. The number of fused-ring (bicyclic) bond motifs is 1. The second kappa shape index (κ2) is 7.82.